The molecule has 2 aromatic carbocycles. The number of para-hydroxylation sites is 1. The van der Waals surface area contributed by atoms with Crippen molar-refractivity contribution in [3.63, 3.8) is 0 Å². The van der Waals surface area contributed by atoms with Gasteiger partial charge in [-0.2, -0.15) is 0 Å². The number of nitrogens with one attached hydrogen (secondary N) is 2. The summed E-state index contributed by atoms with van der Waals surface area (Å²) in [4.78, 5) is 21.4. The van der Waals surface area contributed by atoms with Crippen LogP contribution in [0.2, 0.25) is 0 Å². The molecule has 0 unspecified atom stereocenters. The summed E-state index contributed by atoms with van der Waals surface area (Å²) in [5.41, 5.74) is 4.44. The Kier molecular flexibility index (Phi) is 6.37. The highest BCUT2D eigenvalue weighted by Crippen LogP contribution is 2.25. The minimum absolute atomic E-state index is 0.193. The van der Waals surface area contributed by atoms with Gasteiger partial charge in [-0.3, -0.25) is 4.79 Å². The van der Waals surface area contributed by atoms with E-state index in [-0.39, 0.29) is 5.91 Å². The van der Waals surface area contributed by atoms with Gasteiger partial charge < -0.3 is 10.6 Å². The third kappa shape index (κ3) is 5.16. The molecular formula is C23H26N4O. The zero-order valence-corrected chi connectivity index (χ0v) is 16.6. The Morgan fingerprint density at radius 2 is 1.71 bits per heavy atom. The van der Waals surface area contributed by atoms with E-state index in [0.29, 0.717) is 24.1 Å². The van der Waals surface area contributed by atoms with Crippen LogP contribution in [0, 0.1) is 6.92 Å². The molecule has 144 valence electrons. The molecule has 0 bridgehead atoms. The van der Waals surface area contributed by atoms with Crippen LogP contribution in [-0.4, -0.2) is 22.4 Å². The molecule has 1 amide bonds. The first kappa shape index (κ1) is 19.5. The number of amides is 1. The predicted octanol–water partition coefficient (Wildman–Crippen LogP) is 4.62. The number of hydrogen-bond donors (Lipinski definition) is 2. The molecule has 0 atom stereocenters. The molecule has 0 aliphatic heterocycles. The van der Waals surface area contributed by atoms with Crippen molar-refractivity contribution in [2.24, 2.45) is 0 Å². The average Bonchev–Trinajstić information content (AvgIpc) is 2.68. The molecule has 1 heterocycles. The smallest absolute Gasteiger partial charge is 0.270 e. The second-order valence-corrected chi connectivity index (χ2v) is 7.08. The lowest BCUT2D eigenvalue weighted by atomic mass is 10.0. The van der Waals surface area contributed by atoms with E-state index in [2.05, 4.69) is 52.6 Å². The van der Waals surface area contributed by atoms with Crippen molar-refractivity contribution in [3.05, 3.63) is 83.2 Å². The largest absolute Gasteiger partial charge is 0.350 e. The van der Waals surface area contributed by atoms with Crippen LogP contribution in [0.25, 0.3) is 0 Å². The van der Waals surface area contributed by atoms with Crippen molar-refractivity contribution < 1.29 is 4.79 Å². The van der Waals surface area contributed by atoms with Gasteiger partial charge in [0.2, 0.25) is 5.95 Å². The molecule has 5 heteroatoms. The molecule has 0 aliphatic rings. The van der Waals surface area contributed by atoms with E-state index in [1.165, 1.54) is 11.1 Å². The Bertz CT molecular complexity index is 938. The Morgan fingerprint density at radius 3 is 2.46 bits per heavy atom. The van der Waals surface area contributed by atoms with Crippen molar-refractivity contribution >= 4 is 17.5 Å². The third-order valence-electron chi connectivity index (χ3n) is 4.46. The van der Waals surface area contributed by atoms with Gasteiger partial charge in [-0.05, 0) is 42.5 Å². The molecule has 0 saturated carbocycles. The molecule has 5 nitrogen and oxygen atoms in total. The second-order valence-electron chi connectivity index (χ2n) is 7.08. The van der Waals surface area contributed by atoms with Gasteiger partial charge in [0.05, 0.1) is 0 Å². The summed E-state index contributed by atoms with van der Waals surface area (Å²) in [5.74, 6) is 0.609. The van der Waals surface area contributed by atoms with Crippen LogP contribution in [0.5, 0.6) is 0 Å². The zero-order chi connectivity index (χ0) is 19.9. The van der Waals surface area contributed by atoms with Crippen molar-refractivity contribution in [3.8, 4) is 0 Å². The number of carbonyl (C=O) groups excluding carboxylic acids is 1. The molecule has 3 rings (SSSR count). The lowest BCUT2D eigenvalue weighted by Crippen LogP contribution is -2.27. The maximum Gasteiger partial charge on any atom is 0.270 e. The number of hydrogen-bond acceptors (Lipinski definition) is 4. The first-order valence-electron chi connectivity index (χ1n) is 9.56. The van der Waals surface area contributed by atoms with Crippen molar-refractivity contribution in [1.82, 2.24) is 15.3 Å². The molecular weight excluding hydrogens is 348 g/mol. The lowest BCUT2D eigenvalue weighted by molar-refractivity contribution is 0.0949. The average molecular weight is 374 g/mol. The summed E-state index contributed by atoms with van der Waals surface area (Å²) in [6.45, 7) is 6.71. The molecule has 1 aromatic heterocycles. The number of benzene rings is 2. The van der Waals surface area contributed by atoms with Crippen LogP contribution >= 0.6 is 0 Å². The molecule has 0 radical (unpaired) electrons. The fraction of sp³-hybridized carbons (Fsp3) is 0.261. The molecule has 2 N–H and O–H groups in total. The van der Waals surface area contributed by atoms with E-state index in [1.54, 1.807) is 6.07 Å². The van der Waals surface area contributed by atoms with Crippen molar-refractivity contribution in [2.45, 2.75) is 33.1 Å². The second kappa shape index (κ2) is 9.13. The highest BCUT2D eigenvalue weighted by Gasteiger charge is 2.12. The maximum atomic E-state index is 12.5. The van der Waals surface area contributed by atoms with Crippen molar-refractivity contribution in [2.75, 3.05) is 11.9 Å². The molecule has 28 heavy (non-hydrogen) atoms. The van der Waals surface area contributed by atoms with E-state index < -0.39 is 0 Å². The zero-order valence-electron chi connectivity index (χ0n) is 16.6. The third-order valence-corrected chi connectivity index (χ3v) is 4.46. The first-order valence-corrected chi connectivity index (χ1v) is 9.56. The number of rotatable bonds is 7. The van der Waals surface area contributed by atoms with Crippen LogP contribution in [0.15, 0.2) is 60.7 Å². The fourth-order valence-corrected chi connectivity index (χ4v) is 3.03. The van der Waals surface area contributed by atoms with Gasteiger partial charge in [-0.25, -0.2) is 9.97 Å². The van der Waals surface area contributed by atoms with Gasteiger partial charge >= 0.3 is 0 Å². The minimum atomic E-state index is -0.193. The topological polar surface area (TPSA) is 66.9 Å². The highest BCUT2D eigenvalue weighted by molar-refractivity contribution is 5.92. The minimum Gasteiger partial charge on any atom is -0.350 e. The number of nitrogens with zero attached hydrogens (tertiary/aromatic N) is 2. The summed E-state index contributed by atoms with van der Waals surface area (Å²) in [6, 6.07) is 19.9. The van der Waals surface area contributed by atoms with E-state index in [0.717, 1.165) is 17.8 Å². The quantitative estimate of drug-likeness (QED) is 0.633. The van der Waals surface area contributed by atoms with Crippen LogP contribution < -0.4 is 10.6 Å². The summed E-state index contributed by atoms with van der Waals surface area (Å²) < 4.78 is 0. The van der Waals surface area contributed by atoms with E-state index in [9.17, 15) is 4.79 Å². The summed E-state index contributed by atoms with van der Waals surface area (Å²) >= 11 is 0. The molecule has 0 aliphatic carbocycles. The van der Waals surface area contributed by atoms with Gasteiger partial charge in [-0.15, -0.1) is 0 Å². The Labute approximate surface area is 166 Å². The Hall–Kier alpha value is -3.21. The number of aryl methyl sites for hydroxylation is 1. The SMILES string of the molecule is Cc1cc(C(=O)NCCc2ccccc2)nc(Nc2ccccc2C(C)C)n1. The van der Waals surface area contributed by atoms with Crippen molar-refractivity contribution in [1.29, 1.82) is 0 Å². The van der Waals surface area contributed by atoms with Crippen LogP contribution in [0.1, 0.15) is 47.1 Å². The highest BCUT2D eigenvalue weighted by atomic mass is 16.1. The normalized spacial score (nSPS) is 10.7. The predicted molar refractivity (Wildman–Crippen MR) is 113 cm³/mol. The standard InChI is InChI=1S/C23H26N4O/c1-16(2)19-11-7-8-12-20(19)26-23-25-17(3)15-21(27-23)22(28)24-14-13-18-9-5-4-6-10-18/h4-12,15-16H,13-14H2,1-3H3,(H,24,28)(H,25,26,27). The van der Waals surface area contributed by atoms with Gasteiger partial charge in [0, 0.05) is 17.9 Å². The molecule has 0 spiro atoms. The number of anilines is 2. The lowest BCUT2D eigenvalue weighted by Gasteiger charge is -2.14. The molecule has 0 fully saturated rings. The van der Waals surface area contributed by atoms with Crippen LogP contribution in [0.3, 0.4) is 0 Å². The number of carbonyl (C=O) groups is 1. The number of aromatic nitrogens is 2. The van der Waals surface area contributed by atoms with E-state index >= 15 is 0 Å². The van der Waals surface area contributed by atoms with Crippen LogP contribution in [-0.2, 0) is 6.42 Å². The van der Waals surface area contributed by atoms with E-state index in [1.807, 2.05) is 43.3 Å². The molecule has 0 saturated heterocycles. The van der Waals surface area contributed by atoms with Gasteiger partial charge in [0.1, 0.15) is 5.69 Å². The Balaban J connectivity index is 1.70. The van der Waals surface area contributed by atoms with Crippen LogP contribution in [0.4, 0.5) is 11.6 Å². The summed E-state index contributed by atoms with van der Waals surface area (Å²) in [7, 11) is 0. The maximum absolute atomic E-state index is 12.5. The monoisotopic (exact) mass is 374 g/mol. The summed E-state index contributed by atoms with van der Waals surface area (Å²) in [6.07, 6.45) is 0.781. The van der Waals surface area contributed by atoms with E-state index in [4.69, 9.17) is 0 Å². The first-order chi connectivity index (χ1) is 13.5. The molecule has 3 aromatic rings. The fourth-order valence-electron chi connectivity index (χ4n) is 3.03. The van der Waals surface area contributed by atoms with Gasteiger partial charge in [-0.1, -0.05) is 62.4 Å². The van der Waals surface area contributed by atoms with Gasteiger partial charge in [0.15, 0.2) is 0 Å². The van der Waals surface area contributed by atoms with Gasteiger partial charge in [0.25, 0.3) is 5.91 Å². The summed E-state index contributed by atoms with van der Waals surface area (Å²) in [5, 5.41) is 6.21. The Morgan fingerprint density at radius 1 is 1.00 bits per heavy atom.